The zero-order chi connectivity index (χ0) is 21.6. The van der Waals surface area contributed by atoms with Crippen LogP contribution >= 0.6 is 23.2 Å². The maximum absolute atomic E-state index is 13.7. The molecule has 158 valence electrons. The van der Waals surface area contributed by atoms with E-state index in [0.29, 0.717) is 25.1 Å². The number of hydrogen-bond acceptors (Lipinski definition) is 5. The highest BCUT2D eigenvalue weighted by Gasteiger charge is 2.78. The number of benzene rings is 1. The summed E-state index contributed by atoms with van der Waals surface area (Å²) in [5.41, 5.74) is -0.984. The fourth-order valence-corrected chi connectivity index (χ4v) is 6.62. The summed E-state index contributed by atoms with van der Waals surface area (Å²) in [4.78, 5) is 28.1. The molecule has 1 aromatic rings. The molecule has 2 bridgehead atoms. The highest BCUT2D eigenvalue weighted by Crippen LogP contribution is 2.66. The fourth-order valence-electron chi connectivity index (χ4n) is 6.06. The average Bonchev–Trinajstić information content (AvgIpc) is 3.24. The minimum atomic E-state index is -1.05. The van der Waals surface area contributed by atoms with Crippen LogP contribution in [-0.2, 0) is 14.3 Å². The lowest BCUT2D eigenvalue weighted by atomic mass is 9.64. The van der Waals surface area contributed by atoms with Gasteiger partial charge < -0.3 is 19.5 Å². The topological polar surface area (TPSA) is 103 Å². The third-order valence-corrected chi connectivity index (χ3v) is 7.87. The molecule has 30 heavy (non-hydrogen) atoms. The molecule has 0 radical (unpaired) electrons. The first-order valence-electron chi connectivity index (χ1n) is 9.64. The third kappa shape index (κ3) is 2.29. The highest BCUT2D eigenvalue weighted by atomic mass is 35.5. The Balaban J connectivity index is 1.61. The van der Waals surface area contributed by atoms with Crippen LogP contribution in [0.3, 0.4) is 0 Å². The Morgan fingerprint density at radius 1 is 1.40 bits per heavy atom. The lowest BCUT2D eigenvalue weighted by molar-refractivity contribution is -0.140. The third-order valence-electron chi connectivity index (χ3n) is 7.27. The van der Waals surface area contributed by atoms with Crippen molar-refractivity contribution in [1.82, 2.24) is 4.90 Å². The molecule has 4 aliphatic heterocycles. The summed E-state index contributed by atoms with van der Waals surface area (Å²) in [5.74, 6) is -0.997. The van der Waals surface area contributed by atoms with Gasteiger partial charge in [0.25, 0.3) is 0 Å². The predicted molar refractivity (Wildman–Crippen MR) is 106 cm³/mol. The number of hydrogen-bond donors (Lipinski definition) is 1. The number of nitrogens with zero attached hydrogens (tertiary/aromatic N) is 3. The summed E-state index contributed by atoms with van der Waals surface area (Å²) in [7, 11) is 1.52. The second kappa shape index (κ2) is 6.24. The monoisotopic (exact) mass is 451 g/mol. The van der Waals surface area contributed by atoms with Gasteiger partial charge in [-0.2, -0.15) is 5.26 Å². The van der Waals surface area contributed by atoms with E-state index in [4.69, 9.17) is 32.7 Å². The summed E-state index contributed by atoms with van der Waals surface area (Å²) >= 11 is 12.5. The van der Waals surface area contributed by atoms with Gasteiger partial charge in [0.05, 0.1) is 45.4 Å². The van der Waals surface area contributed by atoms with E-state index in [9.17, 15) is 20.0 Å². The number of carboxylic acid groups (broad SMARTS) is 1. The molecule has 0 unspecified atom stereocenters. The van der Waals surface area contributed by atoms with Crippen LogP contribution in [-0.4, -0.2) is 59.1 Å². The lowest BCUT2D eigenvalue weighted by Crippen LogP contribution is -2.58. The van der Waals surface area contributed by atoms with E-state index in [-0.39, 0.29) is 27.4 Å². The van der Waals surface area contributed by atoms with Gasteiger partial charge in [-0.05, 0) is 19.1 Å². The van der Waals surface area contributed by atoms with Crippen molar-refractivity contribution in [2.24, 2.45) is 11.8 Å². The van der Waals surface area contributed by atoms with Crippen molar-refractivity contribution >= 4 is 40.9 Å². The molecule has 8 nitrogen and oxygen atoms in total. The molecule has 0 aliphatic carbocycles. The zero-order valence-corrected chi connectivity index (χ0v) is 17.8. The van der Waals surface area contributed by atoms with Gasteiger partial charge in [-0.1, -0.05) is 23.2 Å². The number of amides is 2. The summed E-state index contributed by atoms with van der Waals surface area (Å²) in [6.45, 7) is 2.21. The summed E-state index contributed by atoms with van der Waals surface area (Å²) in [6, 6.07) is 4.60. The molecule has 1 N–H and O–H groups in total. The first-order valence-corrected chi connectivity index (χ1v) is 10.4. The molecule has 10 heteroatoms. The van der Waals surface area contributed by atoms with Crippen molar-refractivity contribution in [2.75, 3.05) is 18.6 Å². The van der Waals surface area contributed by atoms with E-state index >= 15 is 0 Å². The van der Waals surface area contributed by atoms with E-state index in [1.165, 1.54) is 11.9 Å². The zero-order valence-electron chi connectivity index (χ0n) is 16.3. The van der Waals surface area contributed by atoms with Crippen LogP contribution in [0.25, 0.3) is 0 Å². The molecule has 4 saturated heterocycles. The molecule has 2 amide bonds. The number of carbonyl (C=O) groups is 2. The van der Waals surface area contributed by atoms with Gasteiger partial charge in [0.1, 0.15) is 12.3 Å². The largest absolute Gasteiger partial charge is 0.465 e. The molecule has 1 spiro atoms. The van der Waals surface area contributed by atoms with Crippen molar-refractivity contribution in [3.05, 3.63) is 27.7 Å². The Hall–Kier alpha value is -2.05. The van der Waals surface area contributed by atoms with Crippen LogP contribution in [0.2, 0.25) is 10.0 Å². The van der Waals surface area contributed by atoms with Gasteiger partial charge in [-0.3, -0.25) is 9.69 Å². The van der Waals surface area contributed by atoms with E-state index in [2.05, 4.69) is 0 Å². The second-order valence-corrected chi connectivity index (χ2v) is 9.40. The fraction of sp³-hybridized carbons (Fsp3) is 0.550. The van der Waals surface area contributed by atoms with Gasteiger partial charge >= 0.3 is 6.09 Å². The van der Waals surface area contributed by atoms with Crippen LogP contribution < -0.4 is 4.90 Å². The number of anilines is 1. The van der Waals surface area contributed by atoms with Gasteiger partial charge in [-0.25, -0.2) is 4.79 Å². The number of ether oxygens (including phenoxy) is 2. The summed E-state index contributed by atoms with van der Waals surface area (Å²) in [6.07, 6.45) is -0.500. The minimum absolute atomic E-state index is 0.147. The van der Waals surface area contributed by atoms with Gasteiger partial charge in [-0.15, -0.1) is 0 Å². The summed E-state index contributed by atoms with van der Waals surface area (Å²) in [5, 5.41) is 19.1. The normalized spacial score (nSPS) is 38.5. The molecule has 4 fully saturated rings. The second-order valence-electron chi connectivity index (χ2n) is 8.58. The van der Waals surface area contributed by atoms with Crippen molar-refractivity contribution < 1.29 is 24.2 Å². The smallest absolute Gasteiger partial charge is 0.407 e. The first-order chi connectivity index (χ1) is 14.1. The quantitative estimate of drug-likeness (QED) is 0.740. The Morgan fingerprint density at radius 3 is 2.67 bits per heavy atom. The number of rotatable bonds is 2. The molecule has 1 aromatic carbocycles. The minimum Gasteiger partial charge on any atom is -0.465 e. The first kappa shape index (κ1) is 19.9. The van der Waals surface area contributed by atoms with Crippen molar-refractivity contribution in [3.8, 4) is 6.07 Å². The van der Waals surface area contributed by atoms with Crippen molar-refractivity contribution in [1.29, 1.82) is 5.26 Å². The molecule has 6 atom stereocenters. The van der Waals surface area contributed by atoms with Gasteiger partial charge in [0.15, 0.2) is 0 Å². The molecule has 4 heterocycles. The number of likely N-dealkylation sites (N-methyl/N-ethyl adjacent to an activating group) is 1. The molecule has 4 aliphatic rings. The van der Waals surface area contributed by atoms with E-state index in [0.717, 1.165) is 0 Å². The standard InChI is InChI=1S/C20H19Cl2N3O5/c1-19-13(24(2)18(27)28)7-20(30-19)3-4-29-17-15(20)14(19)16(26)25(17)9-5-11(21)10(8-23)12(22)6-9/h5-6,13-15,17H,3-4,7H2,1-2H3,(H,27,28)/t13-,14+,15-,17-,19+,20-/m1/s1. The Labute approximate surface area is 182 Å². The lowest BCUT2D eigenvalue weighted by Gasteiger charge is -2.44. The number of fused-ring (bicyclic) bond motifs is 2. The van der Waals surface area contributed by atoms with E-state index < -0.39 is 35.5 Å². The summed E-state index contributed by atoms with van der Waals surface area (Å²) < 4.78 is 12.5. The van der Waals surface area contributed by atoms with Gasteiger partial charge in [0, 0.05) is 31.5 Å². The molecular formula is C20H19Cl2N3O5. The highest BCUT2D eigenvalue weighted by molar-refractivity contribution is 6.37. The van der Waals surface area contributed by atoms with Crippen LogP contribution in [0.1, 0.15) is 25.3 Å². The molecule has 0 saturated carbocycles. The van der Waals surface area contributed by atoms with Gasteiger partial charge in [0.2, 0.25) is 5.91 Å². The Morgan fingerprint density at radius 2 is 2.07 bits per heavy atom. The van der Waals surface area contributed by atoms with Crippen LogP contribution in [0, 0.1) is 23.2 Å². The average molecular weight is 452 g/mol. The Bertz CT molecular complexity index is 1010. The molecule has 0 aromatic heterocycles. The number of nitriles is 1. The van der Waals surface area contributed by atoms with E-state index in [1.54, 1.807) is 17.0 Å². The van der Waals surface area contributed by atoms with Crippen LogP contribution in [0.4, 0.5) is 10.5 Å². The van der Waals surface area contributed by atoms with Crippen LogP contribution in [0.5, 0.6) is 0 Å². The van der Waals surface area contributed by atoms with Crippen LogP contribution in [0.15, 0.2) is 12.1 Å². The molecule has 5 rings (SSSR count). The SMILES string of the molecule is CN(C(=O)O)[C@@H]1C[C@]23CCO[C@@H]4[C@H]2[C@@H](C(=O)N4c2cc(Cl)c(C#N)c(Cl)c2)[C@@]1(C)O3. The van der Waals surface area contributed by atoms with E-state index in [1.807, 2.05) is 13.0 Å². The number of carbonyl (C=O) groups excluding carboxylic acids is 1. The molecular weight excluding hydrogens is 433 g/mol. The maximum atomic E-state index is 13.7. The predicted octanol–water partition coefficient (Wildman–Crippen LogP) is 3.10. The Kier molecular flexibility index (Phi) is 4.13. The van der Waals surface area contributed by atoms with Crippen molar-refractivity contribution in [2.45, 2.75) is 43.2 Å². The maximum Gasteiger partial charge on any atom is 0.407 e. The van der Waals surface area contributed by atoms with Crippen molar-refractivity contribution in [3.63, 3.8) is 0 Å². The number of halogens is 2.